The molecule has 24 heavy (non-hydrogen) atoms. The van der Waals surface area contributed by atoms with Crippen LogP contribution >= 0.6 is 23.2 Å². The lowest BCUT2D eigenvalue weighted by atomic mass is 9.86. The molecule has 0 spiro atoms. The van der Waals surface area contributed by atoms with E-state index in [4.69, 9.17) is 28.3 Å². The number of hydrogen-bond acceptors (Lipinski definition) is 2. The van der Waals surface area contributed by atoms with Gasteiger partial charge in [0.1, 0.15) is 10.1 Å². The minimum absolute atomic E-state index is 0.116. The van der Waals surface area contributed by atoms with E-state index in [9.17, 15) is 9.59 Å². The molecule has 1 atom stereocenters. The van der Waals surface area contributed by atoms with E-state index in [0.29, 0.717) is 6.54 Å². The zero-order valence-corrected chi connectivity index (χ0v) is 15.8. The SMILES string of the molecule is CC(CNC(=O)/C(Cl)=C(/Cl)C(=O)O)Cc1ccc(C(C)(C)C)cc1. The molecule has 1 amide bonds. The summed E-state index contributed by atoms with van der Waals surface area (Å²) in [5.74, 6) is -1.94. The lowest BCUT2D eigenvalue weighted by Crippen LogP contribution is -2.29. The molecule has 6 heteroatoms. The highest BCUT2D eigenvalue weighted by Crippen LogP contribution is 2.23. The van der Waals surface area contributed by atoms with Gasteiger partial charge in [0.05, 0.1) is 0 Å². The summed E-state index contributed by atoms with van der Waals surface area (Å²) in [6.07, 6.45) is 0.790. The quantitative estimate of drug-likeness (QED) is 0.741. The van der Waals surface area contributed by atoms with Gasteiger partial charge in [0.2, 0.25) is 0 Å². The van der Waals surface area contributed by atoms with Gasteiger partial charge >= 0.3 is 5.97 Å². The molecule has 132 valence electrons. The van der Waals surface area contributed by atoms with Crippen LogP contribution < -0.4 is 5.32 Å². The highest BCUT2D eigenvalue weighted by molar-refractivity contribution is 6.53. The maximum atomic E-state index is 11.8. The standard InChI is InChI=1S/C18H23Cl2NO3/c1-11(10-21-16(22)14(19)15(20)17(23)24)9-12-5-7-13(8-6-12)18(2,3)4/h5-8,11H,9-10H2,1-4H3,(H,21,22)(H,23,24)/b15-14-. The van der Waals surface area contributed by atoms with Crippen molar-refractivity contribution in [2.45, 2.75) is 39.5 Å². The number of carbonyl (C=O) groups excluding carboxylic acids is 1. The second-order valence-corrected chi connectivity index (χ2v) is 7.66. The van der Waals surface area contributed by atoms with Crippen LogP contribution in [0.4, 0.5) is 0 Å². The Hall–Kier alpha value is -1.52. The number of halogens is 2. The van der Waals surface area contributed by atoms with Crippen LogP contribution in [0.5, 0.6) is 0 Å². The third-order valence-electron chi connectivity index (χ3n) is 3.60. The lowest BCUT2D eigenvalue weighted by Gasteiger charge is -2.19. The van der Waals surface area contributed by atoms with Crippen LogP contribution in [0.25, 0.3) is 0 Å². The summed E-state index contributed by atoms with van der Waals surface area (Å²) in [6.45, 7) is 8.87. The lowest BCUT2D eigenvalue weighted by molar-refractivity contribution is -0.132. The number of carbonyl (C=O) groups is 2. The largest absolute Gasteiger partial charge is 0.477 e. The first-order chi connectivity index (χ1) is 11.0. The van der Waals surface area contributed by atoms with Crippen molar-refractivity contribution in [2.75, 3.05) is 6.54 Å². The molecule has 0 aliphatic heterocycles. The second-order valence-electron chi connectivity index (χ2n) is 6.90. The molecule has 0 aliphatic carbocycles. The first kappa shape index (κ1) is 20.5. The predicted molar refractivity (Wildman–Crippen MR) is 97.4 cm³/mol. The minimum Gasteiger partial charge on any atom is -0.477 e. The Morgan fingerprint density at radius 3 is 2.12 bits per heavy atom. The van der Waals surface area contributed by atoms with E-state index in [1.807, 2.05) is 6.92 Å². The van der Waals surface area contributed by atoms with Gasteiger partial charge in [-0.05, 0) is 28.9 Å². The Kier molecular flexibility index (Phi) is 7.30. The van der Waals surface area contributed by atoms with E-state index < -0.39 is 21.9 Å². The normalized spacial score (nSPS) is 13.9. The third-order valence-corrected chi connectivity index (χ3v) is 4.40. The number of amides is 1. The van der Waals surface area contributed by atoms with Crippen molar-refractivity contribution >= 4 is 35.1 Å². The maximum absolute atomic E-state index is 11.8. The first-order valence-corrected chi connectivity index (χ1v) is 8.44. The number of nitrogens with one attached hydrogen (secondary N) is 1. The van der Waals surface area contributed by atoms with Crippen LogP contribution in [0.2, 0.25) is 0 Å². The fraction of sp³-hybridized carbons (Fsp3) is 0.444. The number of carboxylic acids is 1. The zero-order chi connectivity index (χ0) is 18.5. The Labute approximate surface area is 152 Å². The summed E-state index contributed by atoms with van der Waals surface area (Å²) in [7, 11) is 0. The highest BCUT2D eigenvalue weighted by atomic mass is 35.5. The van der Waals surface area contributed by atoms with E-state index in [1.165, 1.54) is 11.1 Å². The van der Waals surface area contributed by atoms with Crippen LogP contribution in [0.15, 0.2) is 34.3 Å². The fourth-order valence-electron chi connectivity index (χ4n) is 2.15. The molecule has 2 N–H and O–H groups in total. The van der Waals surface area contributed by atoms with Gasteiger partial charge in [-0.3, -0.25) is 4.79 Å². The van der Waals surface area contributed by atoms with Crippen molar-refractivity contribution in [3.63, 3.8) is 0 Å². The molecule has 0 heterocycles. The van der Waals surface area contributed by atoms with Gasteiger partial charge in [-0.1, -0.05) is 75.2 Å². The smallest absolute Gasteiger partial charge is 0.349 e. The van der Waals surface area contributed by atoms with Crippen molar-refractivity contribution in [3.8, 4) is 0 Å². The van der Waals surface area contributed by atoms with E-state index in [-0.39, 0.29) is 11.3 Å². The van der Waals surface area contributed by atoms with Gasteiger partial charge in [-0.15, -0.1) is 0 Å². The molecule has 0 saturated heterocycles. The van der Waals surface area contributed by atoms with Gasteiger partial charge in [-0.25, -0.2) is 4.79 Å². The summed E-state index contributed by atoms with van der Waals surface area (Å²) in [6, 6.07) is 8.42. The van der Waals surface area contributed by atoms with E-state index in [1.54, 1.807) is 0 Å². The molecule has 0 fully saturated rings. The molecule has 0 bridgehead atoms. The molecule has 0 aromatic heterocycles. The zero-order valence-electron chi connectivity index (χ0n) is 14.3. The van der Waals surface area contributed by atoms with Crippen molar-refractivity contribution in [2.24, 2.45) is 5.92 Å². The summed E-state index contributed by atoms with van der Waals surface area (Å²) >= 11 is 11.1. The van der Waals surface area contributed by atoms with Crippen LogP contribution in [-0.4, -0.2) is 23.5 Å². The van der Waals surface area contributed by atoms with Crippen molar-refractivity contribution in [1.82, 2.24) is 5.32 Å². The van der Waals surface area contributed by atoms with Gasteiger partial charge in [-0.2, -0.15) is 0 Å². The number of benzene rings is 1. The minimum atomic E-state index is -1.43. The Morgan fingerprint density at radius 1 is 1.12 bits per heavy atom. The van der Waals surface area contributed by atoms with Crippen LogP contribution in [0, 0.1) is 5.92 Å². The number of rotatable bonds is 6. The van der Waals surface area contributed by atoms with Gasteiger partial charge in [0.25, 0.3) is 5.91 Å². The summed E-state index contributed by atoms with van der Waals surface area (Å²) < 4.78 is 0. The summed E-state index contributed by atoms with van der Waals surface area (Å²) in [5.41, 5.74) is 2.56. The van der Waals surface area contributed by atoms with Crippen LogP contribution in [0.3, 0.4) is 0 Å². The molecule has 1 unspecified atom stereocenters. The van der Waals surface area contributed by atoms with E-state index in [0.717, 1.165) is 6.42 Å². The molecular formula is C18H23Cl2NO3. The molecular weight excluding hydrogens is 349 g/mol. The third kappa shape index (κ3) is 6.17. The molecule has 1 rings (SSSR count). The van der Waals surface area contributed by atoms with Crippen molar-refractivity contribution in [3.05, 3.63) is 45.5 Å². The average Bonchev–Trinajstić information content (AvgIpc) is 2.50. The maximum Gasteiger partial charge on any atom is 0.349 e. The molecule has 1 aromatic rings. The molecule has 0 aliphatic rings. The second kappa shape index (κ2) is 8.54. The topological polar surface area (TPSA) is 66.4 Å². The fourth-order valence-corrected chi connectivity index (χ4v) is 2.39. The molecule has 0 saturated carbocycles. The summed E-state index contributed by atoms with van der Waals surface area (Å²) in [5, 5.41) is 10.1. The van der Waals surface area contributed by atoms with Crippen LogP contribution in [-0.2, 0) is 21.4 Å². The van der Waals surface area contributed by atoms with E-state index >= 15 is 0 Å². The van der Waals surface area contributed by atoms with Crippen molar-refractivity contribution in [1.29, 1.82) is 0 Å². The van der Waals surface area contributed by atoms with Crippen LogP contribution in [0.1, 0.15) is 38.8 Å². The Morgan fingerprint density at radius 2 is 1.67 bits per heavy atom. The first-order valence-electron chi connectivity index (χ1n) is 7.68. The van der Waals surface area contributed by atoms with Gasteiger partial charge in [0, 0.05) is 6.54 Å². The van der Waals surface area contributed by atoms with Gasteiger partial charge in [0.15, 0.2) is 0 Å². The van der Waals surface area contributed by atoms with E-state index in [2.05, 4.69) is 50.4 Å². The average molecular weight is 372 g/mol. The molecule has 0 radical (unpaired) electrons. The van der Waals surface area contributed by atoms with Crippen molar-refractivity contribution < 1.29 is 14.7 Å². The monoisotopic (exact) mass is 371 g/mol. The number of carboxylic acid groups (broad SMARTS) is 1. The summed E-state index contributed by atoms with van der Waals surface area (Å²) in [4.78, 5) is 22.4. The number of hydrogen-bond donors (Lipinski definition) is 2. The molecule has 4 nitrogen and oxygen atoms in total. The predicted octanol–water partition coefficient (Wildman–Crippen LogP) is 4.05. The Bertz CT molecular complexity index is 631. The number of aliphatic carboxylic acids is 1. The highest BCUT2D eigenvalue weighted by Gasteiger charge is 2.18. The van der Waals surface area contributed by atoms with Gasteiger partial charge < -0.3 is 10.4 Å². The Balaban J connectivity index is 2.58. The molecule has 1 aromatic carbocycles.